The molecule has 41 heavy (non-hydrogen) atoms. The highest BCUT2D eigenvalue weighted by molar-refractivity contribution is 7.45. The van der Waals surface area contributed by atoms with Crippen molar-refractivity contribution in [3.63, 3.8) is 0 Å². The quantitative estimate of drug-likeness (QED) is 0.103. The predicted molar refractivity (Wildman–Crippen MR) is 163 cm³/mol. The van der Waals surface area contributed by atoms with Crippen LogP contribution in [0.4, 0.5) is 0 Å². The first-order chi connectivity index (χ1) is 19.3. The molecule has 0 atom stereocenters. The molecular weight excluding hydrogens is 566 g/mol. The van der Waals surface area contributed by atoms with Gasteiger partial charge in [-0.3, -0.25) is 0 Å². The Bertz CT molecular complexity index is 1500. The third-order valence-corrected chi connectivity index (χ3v) is 5.04. The van der Waals surface area contributed by atoms with Gasteiger partial charge in [-0.15, -0.1) is 0 Å². The lowest BCUT2D eigenvalue weighted by atomic mass is 9.96. The first-order valence-corrected chi connectivity index (χ1v) is 15.0. The fourth-order valence-corrected chi connectivity index (χ4v) is 3.39. The predicted octanol–water partition coefficient (Wildman–Crippen LogP) is 6.05. The Morgan fingerprint density at radius 1 is 0.415 bits per heavy atom. The summed E-state index contributed by atoms with van der Waals surface area (Å²) in [5, 5.41) is 10.7. The summed E-state index contributed by atoms with van der Waals surface area (Å²) in [6.45, 7) is 0. The van der Waals surface area contributed by atoms with Gasteiger partial charge >= 0.3 is 15.6 Å². The van der Waals surface area contributed by atoms with Crippen molar-refractivity contribution in [3.8, 4) is 5.75 Å². The van der Waals surface area contributed by atoms with Gasteiger partial charge in [0.1, 0.15) is 5.75 Å². The van der Waals surface area contributed by atoms with E-state index in [1.165, 1.54) is 0 Å². The highest BCUT2D eigenvalue weighted by atomic mass is 31.2. The maximum absolute atomic E-state index is 10.7. The summed E-state index contributed by atoms with van der Waals surface area (Å²) in [7, 11) is -9.28. The van der Waals surface area contributed by atoms with Gasteiger partial charge in [0, 0.05) is 5.56 Å². The van der Waals surface area contributed by atoms with Crippen LogP contribution in [0.25, 0.3) is 36.5 Å². The molecule has 4 aromatic rings. The molecule has 0 aliphatic heterocycles. The molecule has 214 valence electrons. The monoisotopic (exact) mass is 596 g/mol. The van der Waals surface area contributed by atoms with E-state index in [9.17, 15) is 5.11 Å². The zero-order valence-electron chi connectivity index (χ0n) is 21.6. The van der Waals surface area contributed by atoms with Gasteiger partial charge in [-0.1, -0.05) is 134 Å². The molecule has 0 aliphatic rings. The zero-order valence-corrected chi connectivity index (χ0v) is 23.4. The van der Waals surface area contributed by atoms with Gasteiger partial charge in [-0.05, 0) is 33.9 Å². The minimum Gasteiger partial charge on any atom is -0.507 e. The molecule has 4 rings (SSSR count). The summed E-state index contributed by atoms with van der Waals surface area (Å²) in [4.78, 5) is 43.1. The van der Waals surface area contributed by atoms with E-state index in [1.807, 2.05) is 84.9 Å². The smallest absolute Gasteiger partial charge is 0.466 e. The van der Waals surface area contributed by atoms with Crippen LogP contribution in [-0.2, 0) is 9.13 Å². The lowest BCUT2D eigenvalue weighted by Crippen LogP contribution is -1.88. The summed E-state index contributed by atoms with van der Waals surface area (Å²) < 4.78 is 17.8. The van der Waals surface area contributed by atoms with Crippen LogP contribution in [0.1, 0.15) is 33.4 Å². The van der Waals surface area contributed by atoms with Crippen LogP contribution in [0, 0.1) is 0 Å². The maximum atomic E-state index is 10.7. The average molecular weight is 597 g/mol. The summed E-state index contributed by atoms with van der Waals surface area (Å²) in [6, 6.07) is 34.2. The van der Waals surface area contributed by atoms with Crippen LogP contribution in [0.3, 0.4) is 0 Å². The molecule has 0 aliphatic carbocycles. The largest absolute Gasteiger partial charge is 0.507 e. The number of phenolic OH excluding ortho intramolecular Hbond substituents is 1. The molecule has 0 aromatic heterocycles. The number of phenols is 1. The Balaban J connectivity index is 0.000000507. The second-order valence-corrected chi connectivity index (χ2v) is 10.3. The number of hydrogen-bond donors (Lipinski definition) is 7. The number of benzene rings is 4. The van der Waals surface area contributed by atoms with Crippen molar-refractivity contribution < 1.29 is 43.6 Å². The molecule has 0 bridgehead atoms. The highest BCUT2D eigenvalue weighted by Gasteiger charge is 2.08. The van der Waals surface area contributed by atoms with Crippen molar-refractivity contribution in [2.24, 2.45) is 0 Å². The third-order valence-electron chi connectivity index (χ3n) is 5.04. The van der Waals surface area contributed by atoms with Crippen molar-refractivity contribution in [2.75, 3.05) is 0 Å². The third kappa shape index (κ3) is 15.5. The molecule has 4 aromatic carbocycles. The molecule has 0 spiro atoms. The first kappa shape index (κ1) is 33.3. The van der Waals surface area contributed by atoms with Crippen molar-refractivity contribution >= 4 is 52.1 Å². The van der Waals surface area contributed by atoms with E-state index in [1.54, 1.807) is 6.07 Å². The Labute approximate surface area is 237 Å². The number of rotatable bonds is 6. The van der Waals surface area contributed by atoms with Crippen molar-refractivity contribution in [1.82, 2.24) is 0 Å². The Morgan fingerprint density at radius 2 is 0.732 bits per heavy atom. The van der Waals surface area contributed by atoms with Gasteiger partial charge in [0.2, 0.25) is 0 Å². The summed E-state index contributed by atoms with van der Waals surface area (Å²) in [5.41, 5.74) is 6.15. The zero-order chi connectivity index (χ0) is 30.3. The highest BCUT2D eigenvalue weighted by Crippen LogP contribution is 2.30. The fraction of sp³-hybridized carbons (Fsp3) is 0. The van der Waals surface area contributed by atoms with Crippen LogP contribution >= 0.6 is 15.6 Å². The van der Waals surface area contributed by atoms with Gasteiger partial charge in [-0.25, -0.2) is 9.13 Å². The molecule has 9 nitrogen and oxygen atoms in total. The molecule has 7 N–H and O–H groups in total. The Kier molecular flexibility index (Phi) is 13.3. The Hall–Kier alpha value is -3.88. The SMILES string of the molecule is O=P(O)(O)O.O=P(O)(O)O.Oc1ccc(C=Cc2ccccc2)c(C=Cc2ccccc2)c1C=Cc1ccccc1. The van der Waals surface area contributed by atoms with Crippen molar-refractivity contribution in [1.29, 1.82) is 0 Å². The van der Waals surface area contributed by atoms with Crippen LogP contribution < -0.4 is 0 Å². The molecule has 0 unspecified atom stereocenters. The molecular formula is C30H30O9P2. The van der Waals surface area contributed by atoms with Gasteiger partial charge in [0.05, 0.1) is 0 Å². The van der Waals surface area contributed by atoms with Crippen LogP contribution in [0.2, 0.25) is 0 Å². The average Bonchev–Trinajstić information content (AvgIpc) is 2.90. The summed E-state index contributed by atoms with van der Waals surface area (Å²) in [6.07, 6.45) is 12.4. The van der Waals surface area contributed by atoms with Gasteiger partial charge in [0.25, 0.3) is 0 Å². The molecule has 0 saturated carbocycles. The molecule has 0 saturated heterocycles. The van der Waals surface area contributed by atoms with Crippen LogP contribution in [0.15, 0.2) is 103 Å². The van der Waals surface area contributed by atoms with Gasteiger partial charge in [-0.2, -0.15) is 0 Å². The minimum absolute atomic E-state index is 0.261. The number of hydrogen-bond acceptors (Lipinski definition) is 3. The van der Waals surface area contributed by atoms with E-state index in [4.69, 9.17) is 38.5 Å². The summed E-state index contributed by atoms with van der Waals surface area (Å²) in [5.74, 6) is 0.261. The number of aromatic hydroxyl groups is 1. The normalized spacial score (nSPS) is 11.7. The van der Waals surface area contributed by atoms with E-state index >= 15 is 0 Å². The second-order valence-electron chi connectivity index (χ2n) is 8.26. The second kappa shape index (κ2) is 16.4. The van der Waals surface area contributed by atoms with Crippen molar-refractivity contribution in [3.05, 3.63) is 137 Å². The van der Waals surface area contributed by atoms with E-state index in [2.05, 4.69) is 48.6 Å². The van der Waals surface area contributed by atoms with E-state index in [0.717, 1.165) is 33.4 Å². The standard InChI is InChI=1S/C30H24O.2H3O4P/c31-30-23-20-27(19-16-24-10-4-1-5-11-24)28(21-17-25-12-6-2-7-13-25)29(30)22-18-26-14-8-3-9-15-26;2*1-5(2,3)4/h1-23,31H;2*(H3,1,2,3,4). The molecule has 0 heterocycles. The van der Waals surface area contributed by atoms with E-state index in [0.29, 0.717) is 0 Å². The van der Waals surface area contributed by atoms with Gasteiger partial charge < -0.3 is 34.5 Å². The van der Waals surface area contributed by atoms with Crippen LogP contribution in [0.5, 0.6) is 5.75 Å². The molecule has 0 amide bonds. The minimum atomic E-state index is -4.64. The fourth-order valence-electron chi connectivity index (χ4n) is 3.39. The topological polar surface area (TPSA) is 176 Å². The van der Waals surface area contributed by atoms with Crippen molar-refractivity contribution in [2.45, 2.75) is 0 Å². The lowest BCUT2D eigenvalue weighted by molar-refractivity contribution is 0.272. The molecule has 0 radical (unpaired) electrons. The Morgan fingerprint density at radius 3 is 1.10 bits per heavy atom. The number of phosphoric acid groups is 2. The van der Waals surface area contributed by atoms with Crippen LogP contribution in [-0.4, -0.2) is 34.5 Å². The van der Waals surface area contributed by atoms with Gasteiger partial charge in [0.15, 0.2) is 0 Å². The van der Waals surface area contributed by atoms with E-state index < -0.39 is 15.6 Å². The maximum Gasteiger partial charge on any atom is 0.466 e. The van der Waals surface area contributed by atoms with E-state index in [-0.39, 0.29) is 5.75 Å². The lowest BCUT2D eigenvalue weighted by Gasteiger charge is -2.09. The first-order valence-electron chi connectivity index (χ1n) is 11.9. The molecule has 0 fully saturated rings. The summed E-state index contributed by atoms with van der Waals surface area (Å²) >= 11 is 0. The molecule has 11 heteroatoms.